The van der Waals surface area contributed by atoms with Crippen molar-refractivity contribution in [2.24, 2.45) is 5.14 Å². The van der Waals surface area contributed by atoms with Crippen LogP contribution in [0.5, 0.6) is 0 Å². The van der Waals surface area contributed by atoms with Crippen molar-refractivity contribution in [1.82, 2.24) is 4.90 Å². The molecule has 0 bridgehead atoms. The molecule has 1 aliphatic rings. The number of hydrogen-bond acceptors (Lipinski definition) is 3. The van der Waals surface area contributed by atoms with Crippen molar-refractivity contribution in [1.29, 1.82) is 0 Å². The van der Waals surface area contributed by atoms with Crippen LogP contribution in [0.15, 0.2) is 0 Å². The molecule has 0 saturated carbocycles. The fraction of sp³-hybridized carbons (Fsp3) is 1.00. The Kier molecular flexibility index (Phi) is 2.87. The van der Waals surface area contributed by atoms with E-state index in [2.05, 4.69) is 24.5 Å². The van der Waals surface area contributed by atoms with Crippen LogP contribution in [0.2, 0.25) is 19.6 Å². The normalized spacial score (nSPS) is 21.5. The molecule has 1 heterocycles. The molecule has 2 N–H and O–H groups in total. The summed E-state index contributed by atoms with van der Waals surface area (Å²) in [5.41, 5.74) is 0. The molecule has 1 aliphatic heterocycles. The second-order valence-corrected chi connectivity index (χ2v) is 12.2. The van der Waals surface area contributed by atoms with Crippen molar-refractivity contribution in [3.05, 3.63) is 0 Å². The standard InChI is InChI=1S/C7H18N2O2SSi/c1-13(2,3)6-9-4-7(5-9)12(8,10)11/h7H,4-6H2,1-3H3,(H2,8,10,11). The zero-order chi connectivity index (χ0) is 10.3. The lowest BCUT2D eigenvalue weighted by Crippen LogP contribution is -2.59. The van der Waals surface area contributed by atoms with Crippen LogP contribution >= 0.6 is 0 Å². The summed E-state index contributed by atoms with van der Waals surface area (Å²) >= 11 is 0. The van der Waals surface area contributed by atoms with Gasteiger partial charge in [0.15, 0.2) is 0 Å². The smallest absolute Gasteiger partial charge is 0.214 e. The molecule has 0 aromatic carbocycles. The van der Waals surface area contributed by atoms with Gasteiger partial charge in [0.1, 0.15) is 5.25 Å². The average Bonchev–Trinajstić information content (AvgIpc) is 1.71. The molecule has 1 fully saturated rings. The van der Waals surface area contributed by atoms with E-state index in [0.717, 1.165) is 6.17 Å². The highest BCUT2D eigenvalue weighted by molar-refractivity contribution is 7.89. The first-order chi connectivity index (χ1) is 5.68. The first-order valence-corrected chi connectivity index (χ1v) is 9.74. The molecule has 0 aromatic rings. The zero-order valence-corrected chi connectivity index (χ0v) is 10.3. The number of sulfonamides is 1. The fourth-order valence-corrected chi connectivity index (χ4v) is 3.97. The van der Waals surface area contributed by atoms with Crippen molar-refractivity contribution in [3.8, 4) is 0 Å². The first kappa shape index (κ1) is 11.2. The van der Waals surface area contributed by atoms with E-state index in [1.807, 2.05) is 0 Å². The molecule has 0 aromatic heterocycles. The molecular formula is C7H18N2O2SSi. The average molecular weight is 222 g/mol. The molecule has 0 spiro atoms. The lowest BCUT2D eigenvalue weighted by atomic mass is 10.2. The van der Waals surface area contributed by atoms with Gasteiger partial charge in [0, 0.05) is 13.1 Å². The first-order valence-electron chi connectivity index (χ1n) is 4.42. The van der Waals surface area contributed by atoms with E-state index < -0.39 is 18.1 Å². The number of nitrogens with two attached hydrogens (primary N) is 1. The van der Waals surface area contributed by atoms with Gasteiger partial charge in [0.25, 0.3) is 0 Å². The van der Waals surface area contributed by atoms with Crippen molar-refractivity contribution in [2.45, 2.75) is 24.9 Å². The van der Waals surface area contributed by atoms with E-state index in [1.165, 1.54) is 0 Å². The maximum Gasteiger partial charge on any atom is 0.214 e. The topological polar surface area (TPSA) is 63.4 Å². The number of hydrogen-bond donors (Lipinski definition) is 1. The van der Waals surface area contributed by atoms with Crippen LogP contribution in [0.4, 0.5) is 0 Å². The molecule has 0 radical (unpaired) electrons. The molecule has 1 rings (SSSR count). The van der Waals surface area contributed by atoms with Crippen molar-refractivity contribution < 1.29 is 8.42 Å². The van der Waals surface area contributed by atoms with Gasteiger partial charge >= 0.3 is 0 Å². The van der Waals surface area contributed by atoms with Gasteiger partial charge in [-0.25, -0.2) is 13.6 Å². The summed E-state index contributed by atoms with van der Waals surface area (Å²) in [7, 11) is -4.37. The number of primary sulfonamides is 1. The quantitative estimate of drug-likeness (QED) is 0.675. The Morgan fingerprint density at radius 3 is 2.15 bits per heavy atom. The Morgan fingerprint density at radius 2 is 1.85 bits per heavy atom. The molecule has 13 heavy (non-hydrogen) atoms. The lowest BCUT2D eigenvalue weighted by Gasteiger charge is -2.40. The Balaban J connectivity index is 2.35. The van der Waals surface area contributed by atoms with E-state index in [0.29, 0.717) is 13.1 Å². The van der Waals surface area contributed by atoms with Crippen LogP contribution < -0.4 is 5.14 Å². The van der Waals surface area contributed by atoms with Crippen LogP contribution in [0.25, 0.3) is 0 Å². The van der Waals surface area contributed by atoms with Crippen molar-refractivity contribution >= 4 is 18.1 Å². The highest BCUT2D eigenvalue weighted by atomic mass is 32.2. The highest BCUT2D eigenvalue weighted by Gasteiger charge is 2.36. The molecule has 0 unspecified atom stereocenters. The predicted molar refractivity (Wildman–Crippen MR) is 56.7 cm³/mol. The molecule has 4 nitrogen and oxygen atoms in total. The number of rotatable bonds is 3. The maximum absolute atomic E-state index is 10.9. The minimum absolute atomic E-state index is 0.316. The van der Waals surface area contributed by atoms with Gasteiger partial charge in [-0.2, -0.15) is 0 Å². The van der Waals surface area contributed by atoms with E-state index in [9.17, 15) is 8.42 Å². The van der Waals surface area contributed by atoms with Gasteiger partial charge in [-0.15, -0.1) is 0 Å². The van der Waals surface area contributed by atoms with Crippen LogP contribution in [-0.4, -0.2) is 45.9 Å². The third kappa shape index (κ3) is 3.38. The van der Waals surface area contributed by atoms with Gasteiger partial charge in [-0.3, -0.25) is 0 Å². The zero-order valence-electron chi connectivity index (χ0n) is 8.45. The van der Waals surface area contributed by atoms with Gasteiger partial charge < -0.3 is 4.90 Å². The summed E-state index contributed by atoms with van der Waals surface area (Å²) in [6, 6.07) is 0. The fourth-order valence-electron chi connectivity index (χ4n) is 1.53. The second kappa shape index (κ2) is 3.34. The van der Waals surface area contributed by atoms with Crippen molar-refractivity contribution in [3.63, 3.8) is 0 Å². The molecule has 0 atom stereocenters. The Labute approximate surface area is 81.2 Å². The largest absolute Gasteiger partial charge is 0.303 e. The van der Waals surface area contributed by atoms with Gasteiger partial charge in [-0.1, -0.05) is 19.6 Å². The summed E-state index contributed by atoms with van der Waals surface area (Å²) in [4.78, 5) is 2.18. The molecule has 1 saturated heterocycles. The number of nitrogens with zero attached hydrogens (tertiary/aromatic N) is 1. The lowest BCUT2D eigenvalue weighted by molar-refractivity contribution is 0.214. The maximum atomic E-state index is 10.9. The second-order valence-electron chi connectivity index (χ2n) is 4.97. The predicted octanol–water partition coefficient (Wildman–Crippen LogP) is -0.163. The summed E-state index contributed by atoms with van der Waals surface area (Å²) in [5, 5.41) is 4.71. The summed E-state index contributed by atoms with van der Waals surface area (Å²) in [6.07, 6.45) is 1.07. The van der Waals surface area contributed by atoms with Crippen molar-refractivity contribution in [2.75, 3.05) is 19.3 Å². The Morgan fingerprint density at radius 1 is 1.38 bits per heavy atom. The van der Waals surface area contributed by atoms with Crippen LogP contribution in [-0.2, 0) is 10.0 Å². The Hall–Kier alpha value is 0.0869. The monoisotopic (exact) mass is 222 g/mol. The van der Waals surface area contributed by atoms with Crippen LogP contribution in [0.3, 0.4) is 0 Å². The third-order valence-corrected chi connectivity index (χ3v) is 4.71. The van der Waals surface area contributed by atoms with E-state index in [4.69, 9.17) is 5.14 Å². The minimum Gasteiger partial charge on any atom is -0.303 e. The highest BCUT2D eigenvalue weighted by Crippen LogP contribution is 2.16. The molecular weight excluding hydrogens is 204 g/mol. The number of likely N-dealkylation sites (tertiary alicyclic amines) is 1. The van der Waals surface area contributed by atoms with Gasteiger partial charge in [0.2, 0.25) is 10.0 Å². The summed E-state index contributed by atoms with van der Waals surface area (Å²) < 4.78 is 21.8. The summed E-state index contributed by atoms with van der Waals surface area (Å²) in [6.45, 7) is 8.08. The van der Waals surface area contributed by atoms with Crippen LogP contribution in [0, 0.1) is 0 Å². The van der Waals surface area contributed by atoms with Crippen LogP contribution in [0.1, 0.15) is 0 Å². The van der Waals surface area contributed by atoms with E-state index in [1.54, 1.807) is 0 Å². The minimum atomic E-state index is -3.28. The van der Waals surface area contributed by atoms with E-state index >= 15 is 0 Å². The molecule has 78 valence electrons. The van der Waals surface area contributed by atoms with E-state index in [-0.39, 0.29) is 5.25 Å². The van der Waals surface area contributed by atoms with Gasteiger partial charge in [0.05, 0.1) is 8.07 Å². The molecule has 0 amide bonds. The molecule has 6 heteroatoms. The Bertz CT molecular complexity index is 277. The molecule has 0 aliphatic carbocycles. The van der Waals surface area contributed by atoms with Gasteiger partial charge in [-0.05, 0) is 6.17 Å². The third-order valence-electron chi connectivity index (χ3n) is 2.09. The summed E-state index contributed by atoms with van der Waals surface area (Å²) in [5.74, 6) is 0. The SMILES string of the molecule is C[Si](C)(C)CN1CC(S(N)(=O)=O)C1.